The van der Waals surface area contributed by atoms with Crippen molar-refractivity contribution in [2.24, 2.45) is 16.6 Å². The molecule has 118 valence electrons. The maximum Gasteiger partial charge on any atom is 0.451 e. The van der Waals surface area contributed by atoms with Crippen LogP contribution in [-0.4, -0.2) is 70.8 Å². The van der Waals surface area contributed by atoms with Gasteiger partial charge in [-0.3, -0.25) is 9.79 Å². The van der Waals surface area contributed by atoms with Crippen LogP contribution in [0.2, 0.25) is 6.32 Å². The zero-order valence-electron chi connectivity index (χ0n) is 12.0. The van der Waals surface area contributed by atoms with Crippen molar-refractivity contribution in [2.75, 3.05) is 26.2 Å². The van der Waals surface area contributed by atoms with Gasteiger partial charge in [0.1, 0.15) is 5.54 Å². The summed E-state index contributed by atoms with van der Waals surface area (Å²) in [5.41, 5.74) is 4.79. The van der Waals surface area contributed by atoms with E-state index in [1.165, 1.54) is 0 Å². The molecule has 0 aromatic heterocycles. The van der Waals surface area contributed by atoms with Gasteiger partial charge in [-0.05, 0) is 19.2 Å². The molecule has 1 saturated heterocycles. The number of nitrogens with two attached hydrogens (primary N) is 1. The Kier molecular flexibility index (Phi) is 5.07. The Balaban J connectivity index is 2.03. The van der Waals surface area contributed by atoms with Crippen LogP contribution in [0.25, 0.3) is 0 Å². The summed E-state index contributed by atoms with van der Waals surface area (Å²) in [5, 5.41) is 30.4. The highest BCUT2D eigenvalue weighted by atomic mass is 16.4. The quantitative estimate of drug-likeness (QED) is 0.382. The average Bonchev–Trinajstić information content (AvgIpc) is 2.78. The molecule has 0 aromatic rings. The second-order valence-corrected chi connectivity index (χ2v) is 5.82. The van der Waals surface area contributed by atoms with E-state index >= 15 is 0 Å². The Labute approximate surface area is 124 Å². The molecule has 2 unspecified atom stereocenters. The number of likely N-dealkylation sites (tertiary alicyclic amines) is 1. The van der Waals surface area contributed by atoms with Crippen LogP contribution in [-0.2, 0) is 4.79 Å². The third-order valence-corrected chi connectivity index (χ3v) is 4.21. The van der Waals surface area contributed by atoms with Crippen LogP contribution < -0.4 is 11.1 Å². The molecule has 2 atom stereocenters. The molecule has 0 radical (unpaired) electrons. The number of hydrogen-bond donors (Lipinski definition) is 5. The van der Waals surface area contributed by atoms with E-state index in [2.05, 4.69) is 10.3 Å². The Morgan fingerprint density at radius 1 is 1.57 bits per heavy atom. The van der Waals surface area contributed by atoms with Gasteiger partial charge in [0.05, 0.1) is 0 Å². The maximum atomic E-state index is 11.5. The van der Waals surface area contributed by atoms with Crippen molar-refractivity contribution in [3.05, 3.63) is 0 Å². The fourth-order valence-corrected chi connectivity index (χ4v) is 2.97. The lowest BCUT2D eigenvalue weighted by molar-refractivity contribution is -0.144. The fraction of sp³-hybridized carbons (Fsp3) is 0.833. The van der Waals surface area contributed by atoms with Crippen LogP contribution >= 0.6 is 0 Å². The van der Waals surface area contributed by atoms with Crippen LogP contribution in [0.3, 0.4) is 0 Å². The average molecular weight is 298 g/mol. The largest absolute Gasteiger partial charge is 0.480 e. The van der Waals surface area contributed by atoms with Gasteiger partial charge in [0.2, 0.25) is 0 Å². The van der Waals surface area contributed by atoms with E-state index in [4.69, 9.17) is 15.8 Å². The van der Waals surface area contributed by atoms with E-state index in [0.29, 0.717) is 19.4 Å². The minimum absolute atomic E-state index is 0.223. The van der Waals surface area contributed by atoms with Gasteiger partial charge in [-0.25, -0.2) is 0 Å². The molecule has 0 aliphatic carbocycles. The number of guanidine groups is 1. The predicted molar refractivity (Wildman–Crippen MR) is 78.8 cm³/mol. The van der Waals surface area contributed by atoms with Gasteiger partial charge in [0.15, 0.2) is 5.96 Å². The number of nitrogens with one attached hydrogen (secondary N) is 1. The molecule has 2 heterocycles. The maximum absolute atomic E-state index is 11.5. The van der Waals surface area contributed by atoms with E-state index in [-0.39, 0.29) is 18.8 Å². The van der Waals surface area contributed by atoms with Crippen LogP contribution in [0, 0.1) is 5.92 Å². The lowest BCUT2D eigenvalue weighted by atomic mass is 9.78. The molecule has 2 aliphatic rings. The van der Waals surface area contributed by atoms with Crippen molar-refractivity contribution in [3.8, 4) is 0 Å². The number of aliphatic carboxylic acids is 1. The standard InChI is InChI=1S/C12H23BN4O4/c14-12(10(18)19)8-17(11-15-5-2-6-16-11)7-9(12)3-1-4-13(20)21/h9,20-21H,1-8,14H2,(H,15,16)(H,18,19). The molecule has 21 heavy (non-hydrogen) atoms. The Bertz CT molecular complexity index is 420. The summed E-state index contributed by atoms with van der Waals surface area (Å²) in [4.78, 5) is 17.8. The summed E-state index contributed by atoms with van der Waals surface area (Å²) < 4.78 is 0. The molecule has 8 nitrogen and oxygen atoms in total. The number of carboxylic acids is 1. The van der Waals surface area contributed by atoms with E-state index in [0.717, 1.165) is 25.5 Å². The highest BCUT2D eigenvalue weighted by Gasteiger charge is 2.50. The third kappa shape index (κ3) is 3.66. The summed E-state index contributed by atoms with van der Waals surface area (Å²) in [6, 6.07) is 0. The van der Waals surface area contributed by atoms with E-state index in [1.807, 2.05) is 4.90 Å². The molecule has 2 aliphatic heterocycles. The highest BCUT2D eigenvalue weighted by molar-refractivity contribution is 6.40. The summed E-state index contributed by atoms with van der Waals surface area (Å²) in [5.74, 6) is -0.529. The normalized spacial score (nSPS) is 29.0. The second kappa shape index (κ2) is 6.63. The van der Waals surface area contributed by atoms with Crippen LogP contribution in [0.4, 0.5) is 0 Å². The number of aliphatic imine (C=N–C) groups is 1. The van der Waals surface area contributed by atoms with Crippen molar-refractivity contribution in [3.63, 3.8) is 0 Å². The van der Waals surface area contributed by atoms with Crippen molar-refractivity contribution >= 4 is 19.0 Å². The monoisotopic (exact) mass is 298 g/mol. The zero-order chi connectivity index (χ0) is 15.5. The van der Waals surface area contributed by atoms with Crippen LogP contribution in [0.1, 0.15) is 19.3 Å². The summed E-state index contributed by atoms with van der Waals surface area (Å²) in [6.07, 6.45) is 2.28. The van der Waals surface area contributed by atoms with Gasteiger partial charge in [-0.15, -0.1) is 0 Å². The van der Waals surface area contributed by atoms with Gasteiger partial charge < -0.3 is 31.1 Å². The number of rotatable bonds is 5. The number of nitrogens with zero attached hydrogens (tertiary/aromatic N) is 2. The predicted octanol–water partition coefficient (Wildman–Crippen LogP) is -1.70. The molecule has 2 rings (SSSR count). The molecule has 6 N–H and O–H groups in total. The molecule has 9 heteroatoms. The molecular weight excluding hydrogens is 275 g/mol. The highest BCUT2D eigenvalue weighted by Crippen LogP contribution is 2.30. The molecule has 0 amide bonds. The third-order valence-electron chi connectivity index (χ3n) is 4.21. The van der Waals surface area contributed by atoms with Gasteiger partial charge in [0, 0.05) is 32.1 Å². The lowest BCUT2D eigenvalue weighted by Gasteiger charge is -2.26. The molecule has 0 saturated carbocycles. The smallest absolute Gasteiger partial charge is 0.451 e. The van der Waals surface area contributed by atoms with E-state index in [1.54, 1.807) is 0 Å². The zero-order valence-corrected chi connectivity index (χ0v) is 12.0. The lowest BCUT2D eigenvalue weighted by Crippen LogP contribution is -2.55. The van der Waals surface area contributed by atoms with Crippen molar-refractivity contribution in [2.45, 2.75) is 31.1 Å². The van der Waals surface area contributed by atoms with Crippen molar-refractivity contribution in [1.29, 1.82) is 0 Å². The Hall–Kier alpha value is -1.32. The van der Waals surface area contributed by atoms with Crippen LogP contribution in [0.5, 0.6) is 0 Å². The first-order valence-corrected chi connectivity index (χ1v) is 7.35. The second-order valence-electron chi connectivity index (χ2n) is 5.82. The molecular formula is C12H23BN4O4. The van der Waals surface area contributed by atoms with E-state index < -0.39 is 18.6 Å². The molecule has 1 fully saturated rings. The SMILES string of the molecule is NC1(C(=O)O)CN(C2=NCCCN2)CC1CCCB(O)O. The summed E-state index contributed by atoms with van der Waals surface area (Å²) >= 11 is 0. The van der Waals surface area contributed by atoms with Crippen LogP contribution in [0.15, 0.2) is 4.99 Å². The molecule has 0 spiro atoms. The number of carboxylic acid groups (broad SMARTS) is 1. The molecule has 0 bridgehead atoms. The van der Waals surface area contributed by atoms with E-state index in [9.17, 15) is 9.90 Å². The first kappa shape index (κ1) is 16.1. The Morgan fingerprint density at radius 3 is 2.90 bits per heavy atom. The topological polar surface area (TPSA) is 131 Å². The minimum atomic E-state index is -1.36. The van der Waals surface area contributed by atoms with Gasteiger partial charge in [-0.1, -0.05) is 6.42 Å². The minimum Gasteiger partial charge on any atom is -0.480 e. The molecule has 0 aromatic carbocycles. The first-order valence-electron chi connectivity index (χ1n) is 7.35. The number of hydrogen-bond acceptors (Lipinski definition) is 7. The number of carbonyl (C=O) groups is 1. The summed E-state index contributed by atoms with van der Waals surface area (Å²) in [6.45, 7) is 2.32. The van der Waals surface area contributed by atoms with Crippen molar-refractivity contribution in [1.82, 2.24) is 10.2 Å². The van der Waals surface area contributed by atoms with Crippen molar-refractivity contribution < 1.29 is 19.9 Å². The Morgan fingerprint density at radius 2 is 2.33 bits per heavy atom. The van der Waals surface area contributed by atoms with Gasteiger partial charge in [0.25, 0.3) is 0 Å². The fourth-order valence-electron chi connectivity index (χ4n) is 2.97. The first-order chi connectivity index (χ1) is 9.93. The van der Waals surface area contributed by atoms with Gasteiger partial charge >= 0.3 is 13.1 Å². The summed E-state index contributed by atoms with van der Waals surface area (Å²) in [7, 11) is -1.36. The van der Waals surface area contributed by atoms with Gasteiger partial charge in [-0.2, -0.15) is 0 Å².